The predicted octanol–water partition coefficient (Wildman–Crippen LogP) is 2.86. The summed E-state index contributed by atoms with van der Waals surface area (Å²) >= 11 is 0. The van der Waals surface area contributed by atoms with Crippen molar-refractivity contribution in [3.63, 3.8) is 0 Å². The zero-order valence-corrected chi connectivity index (χ0v) is 19.8. The number of fused-ring (bicyclic) bond motifs is 3. The van der Waals surface area contributed by atoms with E-state index in [0.29, 0.717) is 16.9 Å². The molecule has 0 saturated heterocycles. The third kappa shape index (κ3) is 3.77. The maximum absolute atomic E-state index is 13.2. The number of methoxy groups -OCH3 is 1. The van der Waals surface area contributed by atoms with Crippen LogP contribution in [0.2, 0.25) is 0 Å². The summed E-state index contributed by atoms with van der Waals surface area (Å²) in [6.45, 7) is 5.69. The molecule has 0 aliphatic heterocycles. The number of pyridine rings is 2. The molecule has 8 heteroatoms. The number of benzene rings is 1. The Kier molecular flexibility index (Phi) is 5.73. The molecule has 4 aromatic rings. The zero-order chi connectivity index (χ0) is 23.9. The van der Waals surface area contributed by atoms with Crippen LogP contribution < -0.4 is 11.0 Å². The Balaban J connectivity index is 2.04. The van der Waals surface area contributed by atoms with E-state index in [4.69, 9.17) is 10.1 Å². The summed E-state index contributed by atoms with van der Waals surface area (Å²) in [4.78, 5) is 22.2. The molecule has 3 aromatic heterocycles. The molecule has 0 fully saturated rings. The van der Waals surface area contributed by atoms with Crippen LogP contribution in [0.3, 0.4) is 0 Å². The number of aromatic nitrogens is 4. The van der Waals surface area contributed by atoms with Crippen molar-refractivity contribution >= 4 is 33.3 Å². The fraction of sp³-hybridized carbons (Fsp3) is 0.280. The summed E-state index contributed by atoms with van der Waals surface area (Å²) < 4.78 is 8.80. The third-order valence-corrected chi connectivity index (χ3v) is 6.11. The number of nitrogens with zero attached hydrogens (tertiary/aromatic N) is 4. The minimum Gasteiger partial charge on any atom is -0.374 e. The first-order valence-corrected chi connectivity index (χ1v) is 10.8. The van der Waals surface area contributed by atoms with Gasteiger partial charge in [-0.1, -0.05) is 6.07 Å². The number of hydrogen-bond donors (Lipinski definition) is 2. The molecule has 0 aliphatic carbocycles. The molecule has 0 amide bonds. The van der Waals surface area contributed by atoms with Gasteiger partial charge in [-0.2, -0.15) is 0 Å². The molecular formula is C25H29N6O2+. The molecular weight excluding hydrogens is 416 g/mol. The summed E-state index contributed by atoms with van der Waals surface area (Å²) in [6, 6.07) is 8.06. The molecule has 0 saturated carbocycles. The summed E-state index contributed by atoms with van der Waals surface area (Å²) in [7, 11) is 5.29. The molecule has 3 heterocycles. The molecule has 0 bridgehead atoms. The van der Waals surface area contributed by atoms with Crippen LogP contribution in [0.25, 0.3) is 38.8 Å². The SMILES string of the molecule is C[NH2+]C=C(C(C)=N)n1c(=O)n(C)c2cnc3ccc(-c4cncc(C(C)(C)OC)c4)cc3c21. The van der Waals surface area contributed by atoms with Crippen molar-refractivity contribution in [3.05, 3.63) is 65.1 Å². The van der Waals surface area contributed by atoms with Gasteiger partial charge in [0.2, 0.25) is 0 Å². The van der Waals surface area contributed by atoms with Gasteiger partial charge in [-0.25, -0.2) is 4.79 Å². The molecule has 0 atom stereocenters. The molecule has 170 valence electrons. The maximum Gasteiger partial charge on any atom is 0.333 e. The number of aryl methyl sites for hydroxylation is 1. The Morgan fingerprint density at radius 2 is 1.94 bits per heavy atom. The average Bonchev–Trinajstić information content (AvgIpc) is 3.07. The smallest absolute Gasteiger partial charge is 0.333 e. The minimum absolute atomic E-state index is 0.213. The third-order valence-electron chi connectivity index (χ3n) is 6.11. The lowest BCUT2D eigenvalue weighted by Gasteiger charge is -2.23. The van der Waals surface area contributed by atoms with E-state index in [0.717, 1.165) is 33.1 Å². The number of allylic oxidation sites excluding steroid dienone is 1. The van der Waals surface area contributed by atoms with Crippen LogP contribution in [0.15, 0.2) is 53.9 Å². The average molecular weight is 446 g/mol. The van der Waals surface area contributed by atoms with E-state index in [1.807, 2.05) is 56.8 Å². The van der Waals surface area contributed by atoms with Gasteiger partial charge < -0.3 is 15.5 Å². The van der Waals surface area contributed by atoms with Crippen molar-refractivity contribution in [2.24, 2.45) is 7.05 Å². The molecule has 0 radical (unpaired) electrons. The Morgan fingerprint density at radius 3 is 2.61 bits per heavy atom. The number of quaternary nitrogens is 1. The van der Waals surface area contributed by atoms with Gasteiger partial charge in [0.15, 0.2) is 0 Å². The van der Waals surface area contributed by atoms with Gasteiger partial charge in [0.05, 0.1) is 41.1 Å². The molecule has 0 spiro atoms. The molecule has 33 heavy (non-hydrogen) atoms. The van der Waals surface area contributed by atoms with Gasteiger partial charge in [0, 0.05) is 43.1 Å². The van der Waals surface area contributed by atoms with Gasteiger partial charge in [0.1, 0.15) is 11.9 Å². The summed E-state index contributed by atoms with van der Waals surface area (Å²) in [5, 5.41) is 10.9. The van der Waals surface area contributed by atoms with Crippen molar-refractivity contribution in [2.75, 3.05) is 14.2 Å². The Morgan fingerprint density at radius 1 is 1.18 bits per heavy atom. The topological polar surface area (TPSA) is 102 Å². The van der Waals surface area contributed by atoms with E-state index in [2.05, 4.69) is 16.0 Å². The molecule has 0 aliphatic rings. The van der Waals surface area contributed by atoms with E-state index < -0.39 is 5.60 Å². The first-order chi connectivity index (χ1) is 15.7. The van der Waals surface area contributed by atoms with Crippen LogP contribution in [0, 0.1) is 5.41 Å². The van der Waals surface area contributed by atoms with Crippen LogP contribution in [-0.4, -0.2) is 39.0 Å². The quantitative estimate of drug-likeness (QED) is 0.446. The second kappa shape index (κ2) is 8.38. The second-order valence-corrected chi connectivity index (χ2v) is 8.59. The number of rotatable bonds is 6. The highest BCUT2D eigenvalue weighted by atomic mass is 16.5. The number of nitrogens with one attached hydrogen (secondary N) is 1. The van der Waals surface area contributed by atoms with Gasteiger partial charge in [0.25, 0.3) is 0 Å². The monoisotopic (exact) mass is 445 g/mol. The fourth-order valence-corrected chi connectivity index (χ4v) is 3.97. The van der Waals surface area contributed by atoms with Crippen molar-refractivity contribution in [2.45, 2.75) is 26.4 Å². The lowest BCUT2D eigenvalue weighted by atomic mass is 9.96. The summed E-state index contributed by atoms with van der Waals surface area (Å²) in [5.41, 5.74) is 5.26. The van der Waals surface area contributed by atoms with Crippen molar-refractivity contribution in [3.8, 4) is 11.1 Å². The lowest BCUT2D eigenvalue weighted by molar-refractivity contribution is -0.555. The van der Waals surface area contributed by atoms with Gasteiger partial charge in [-0.3, -0.25) is 19.1 Å². The van der Waals surface area contributed by atoms with Gasteiger partial charge in [-0.05, 0) is 44.5 Å². The van der Waals surface area contributed by atoms with Gasteiger partial charge >= 0.3 is 5.69 Å². The van der Waals surface area contributed by atoms with E-state index in [1.54, 1.807) is 42.6 Å². The normalized spacial score (nSPS) is 12.6. The van der Waals surface area contributed by atoms with E-state index in [9.17, 15) is 4.79 Å². The number of ether oxygens (including phenoxy) is 1. The first-order valence-electron chi connectivity index (χ1n) is 10.8. The predicted molar refractivity (Wildman–Crippen MR) is 131 cm³/mol. The maximum atomic E-state index is 13.2. The van der Waals surface area contributed by atoms with Gasteiger partial charge in [-0.15, -0.1) is 0 Å². The molecule has 1 aromatic carbocycles. The van der Waals surface area contributed by atoms with Crippen LogP contribution in [0.5, 0.6) is 0 Å². The number of hydrogen-bond acceptors (Lipinski definition) is 5. The van der Waals surface area contributed by atoms with Crippen LogP contribution in [-0.2, 0) is 17.4 Å². The molecule has 0 unspecified atom stereocenters. The summed E-state index contributed by atoms with van der Waals surface area (Å²) in [5.74, 6) is 0. The highest BCUT2D eigenvalue weighted by Gasteiger charge is 2.22. The van der Waals surface area contributed by atoms with Crippen molar-refractivity contribution < 1.29 is 10.1 Å². The molecule has 4 rings (SSSR count). The molecule has 8 nitrogen and oxygen atoms in total. The van der Waals surface area contributed by atoms with E-state index in [-0.39, 0.29) is 5.69 Å². The number of nitrogens with two attached hydrogens (primary N) is 1. The zero-order valence-electron chi connectivity index (χ0n) is 19.8. The lowest BCUT2D eigenvalue weighted by Crippen LogP contribution is -2.73. The fourth-order valence-electron chi connectivity index (χ4n) is 3.97. The highest BCUT2D eigenvalue weighted by Crippen LogP contribution is 2.31. The highest BCUT2D eigenvalue weighted by molar-refractivity contribution is 6.18. The van der Waals surface area contributed by atoms with Crippen LogP contribution >= 0.6 is 0 Å². The Bertz CT molecular complexity index is 1480. The Labute approximate surface area is 192 Å². The number of imidazole rings is 1. The van der Waals surface area contributed by atoms with E-state index >= 15 is 0 Å². The molecule has 3 N–H and O–H groups in total. The minimum atomic E-state index is -0.466. The van der Waals surface area contributed by atoms with Crippen molar-refractivity contribution in [1.29, 1.82) is 5.41 Å². The Hall–Kier alpha value is -3.62. The second-order valence-electron chi connectivity index (χ2n) is 8.59. The van der Waals surface area contributed by atoms with Crippen LogP contribution in [0.4, 0.5) is 0 Å². The van der Waals surface area contributed by atoms with Crippen LogP contribution in [0.1, 0.15) is 26.3 Å². The largest absolute Gasteiger partial charge is 0.374 e. The summed E-state index contributed by atoms with van der Waals surface area (Å²) in [6.07, 6.45) is 7.14. The first kappa shape index (κ1) is 22.6. The van der Waals surface area contributed by atoms with E-state index in [1.165, 1.54) is 0 Å². The standard InChI is InChI=1S/C25H28N6O2/c1-15(26)21(13-27-4)31-23-19-10-16(17-9-18(12-28-11-17)25(2,3)33-6)7-8-20(19)29-14-22(23)30(5)24(31)32/h7-14,26-27H,1-6H3/p+1. The van der Waals surface area contributed by atoms with Crippen molar-refractivity contribution in [1.82, 2.24) is 19.1 Å².